The number of aromatic nitrogens is 1. The van der Waals surface area contributed by atoms with Crippen molar-refractivity contribution in [3.05, 3.63) is 99.5 Å². The molecule has 0 bridgehead atoms. The molecule has 3 aliphatic rings. The van der Waals surface area contributed by atoms with Crippen LogP contribution in [-0.4, -0.2) is 55.5 Å². The number of hydrogen-bond acceptors (Lipinski definition) is 8. The molecule has 268 valence electrons. The number of allylic oxidation sites excluding steroid dienone is 2. The average Bonchev–Trinajstić information content (AvgIpc) is 3.55. The topological polar surface area (TPSA) is 109 Å². The van der Waals surface area contributed by atoms with Crippen LogP contribution in [0.2, 0.25) is 5.02 Å². The lowest BCUT2D eigenvalue weighted by molar-refractivity contribution is 0.0456. The first-order valence-corrected chi connectivity index (χ1v) is 20.6. The van der Waals surface area contributed by atoms with Crippen molar-refractivity contribution >= 4 is 44.6 Å². The van der Waals surface area contributed by atoms with Crippen LogP contribution in [0.1, 0.15) is 84.8 Å². The van der Waals surface area contributed by atoms with Crippen molar-refractivity contribution in [1.82, 2.24) is 9.71 Å². The fraction of sp³-hybridized carbons (Fsp3) is 0.487. The summed E-state index contributed by atoms with van der Waals surface area (Å²) < 4.78 is 36.2. The standard InChI is InChI=1S/C39H48ClN3O5S2/c1-3-5-7-11-35(44)32-15-12-29(32)24-43-25-39(18-8-9-27-21-30(40)14-16-33(27)39)26-48-36-17-13-28(22-34(36)43)38(45)42-50(46,47)31(10-6-4-2)23-37-41-19-20-49-37/h4,7,11,13-14,16-17,19-22,29,31-32,35,44H,2-3,5-6,8-10,12,15,18,23-26H2,1H3,(H,42,45)/b11-7+/t29-,31+,32-,35-,39-/m0/s1. The van der Waals surface area contributed by atoms with Gasteiger partial charge in [-0.3, -0.25) is 4.79 Å². The molecule has 5 atom stereocenters. The van der Waals surface area contributed by atoms with Crippen LogP contribution < -0.4 is 14.4 Å². The van der Waals surface area contributed by atoms with Crippen LogP contribution in [0.4, 0.5) is 5.69 Å². The Kier molecular flexibility index (Phi) is 11.7. The number of aliphatic hydroxyl groups is 1. The van der Waals surface area contributed by atoms with Crippen molar-refractivity contribution in [1.29, 1.82) is 0 Å². The summed E-state index contributed by atoms with van der Waals surface area (Å²) in [6, 6.07) is 11.4. The molecule has 0 radical (unpaired) electrons. The number of aliphatic hydroxyl groups excluding tert-OH is 1. The second-order valence-corrected chi connectivity index (χ2v) is 17.5. The first-order chi connectivity index (χ1) is 24.1. The van der Waals surface area contributed by atoms with Gasteiger partial charge in [0.15, 0.2) is 0 Å². The minimum Gasteiger partial charge on any atom is -0.490 e. The van der Waals surface area contributed by atoms with Crippen molar-refractivity contribution in [3.63, 3.8) is 0 Å². The molecular formula is C39H48ClN3O5S2. The molecule has 2 aromatic carbocycles. The molecule has 1 aliphatic heterocycles. The number of carbonyl (C=O) groups is 1. The molecule has 2 aliphatic carbocycles. The lowest BCUT2D eigenvalue weighted by Crippen LogP contribution is -2.49. The van der Waals surface area contributed by atoms with Gasteiger partial charge in [0.25, 0.3) is 5.91 Å². The van der Waals surface area contributed by atoms with Gasteiger partial charge in [0.05, 0.1) is 28.7 Å². The largest absolute Gasteiger partial charge is 0.490 e. The first-order valence-electron chi connectivity index (χ1n) is 17.8. The van der Waals surface area contributed by atoms with Crippen molar-refractivity contribution in [2.24, 2.45) is 11.8 Å². The van der Waals surface area contributed by atoms with E-state index in [0.29, 0.717) is 43.3 Å². The number of fused-ring (bicyclic) bond motifs is 3. The Bertz CT molecular complexity index is 1800. The van der Waals surface area contributed by atoms with Crippen molar-refractivity contribution in [3.8, 4) is 5.75 Å². The number of amides is 1. The normalized spacial score (nSPS) is 22.9. The molecule has 1 saturated carbocycles. The highest BCUT2D eigenvalue weighted by Crippen LogP contribution is 2.46. The summed E-state index contributed by atoms with van der Waals surface area (Å²) in [6.07, 6.45) is 14.7. The number of hydrogen-bond donors (Lipinski definition) is 2. The molecule has 2 heterocycles. The summed E-state index contributed by atoms with van der Waals surface area (Å²) in [5, 5.41) is 13.5. The molecule has 2 N–H and O–H groups in total. The minimum atomic E-state index is -4.03. The second kappa shape index (κ2) is 16.0. The van der Waals surface area contributed by atoms with Gasteiger partial charge in [-0.2, -0.15) is 0 Å². The number of halogens is 1. The van der Waals surface area contributed by atoms with E-state index in [0.717, 1.165) is 55.7 Å². The Balaban J connectivity index is 1.30. The van der Waals surface area contributed by atoms with Crippen LogP contribution in [0, 0.1) is 11.8 Å². The van der Waals surface area contributed by atoms with Crippen LogP contribution in [0.25, 0.3) is 0 Å². The second-order valence-electron chi connectivity index (χ2n) is 14.1. The monoisotopic (exact) mass is 737 g/mol. The smallest absolute Gasteiger partial charge is 0.264 e. The number of carbonyl (C=O) groups excluding carboxylic acids is 1. The van der Waals surface area contributed by atoms with Crippen LogP contribution in [-0.2, 0) is 28.3 Å². The zero-order valence-electron chi connectivity index (χ0n) is 28.7. The molecule has 50 heavy (non-hydrogen) atoms. The van der Waals surface area contributed by atoms with E-state index in [1.807, 2.05) is 17.5 Å². The van der Waals surface area contributed by atoms with Gasteiger partial charge < -0.3 is 14.7 Å². The number of nitrogens with zero attached hydrogens (tertiary/aromatic N) is 2. The Morgan fingerprint density at radius 2 is 2.12 bits per heavy atom. The highest BCUT2D eigenvalue weighted by atomic mass is 35.5. The number of aryl methyl sites for hydroxylation is 1. The molecule has 0 unspecified atom stereocenters. The van der Waals surface area contributed by atoms with E-state index in [1.165, 1.54) is 22.5 Å². The summed E-state index contributed by atoms with van der Waals surface area (Å²) in [6.45, 7) is 7.71. The summed E-state index contributed by atoms with van der Waals surface area (Å²) in [5.41, 5.74) is 3.20. The molecule has 3 aromatic rings. The minimum absolute atomic E-state index is 0.145. The van der Waals surface area contributed by atoms with Gasteiger partial charge in [-0.15, -0.1) is 17.9 Å². The van der Waals surface area contributed by atoms with Gasteiger partial charge >= 0.3 is 0 Å². The number of benzene rings is 2. The average molecular weight is 738 g/mol. The molecule has 1 fully saturated rings. The van der Waals surface area contributed by atoms with E-state index in [4.69, 9.17) is 16.3 Å². The van der Waals surface area contributed by atoms with Crippen molar-refractivity contribution in [2.75, 3.05) is 24.6 Å². The van der Waals surface area contributed by atoms with Gasteiger partial charge in [0.1, 0.15) is 5.75 Å². The van der Waals surface area contributed by atoms with E-state index in [9.17, 15) is 18.3 Å². The molecule has 11 heteroatoms. The Morgan fingerprint density at radius 1 is 1.26 bits per heavy atom. The molecule has 6 rings (SSSR count). The number of anilines is 1. The zero-order valence-corrected chi connectivity index (χ0v) is 31.1. The maximum Gasteiger partial charge on any atom is 0.264 e. The molecule has 8 nitrogen and oxygen atoms in total. The predicted octanol–water partition coefficient (Wildman–Crippen LogP) is 7.65. The van der Waals surface area contributed by atoms with E-state index < -0.39 is 27.3 Å². The van der Waals surface area contributed by atoms with Crippen LogP contribution in [0.5, 0.6) is 5.75 Å². The Morgan fingerprint density at radius 3 is 2.86 bits per heavy atom. The maximum atomic E-state index is 13.7. The number of thiazole rings is 1. The Hall–Kier alpha value is -3.18. The summed E-state index contributed by atoms with van der Waals surface area (Å²) in [4.78, 5) is 20.3. The van der Waals surface area contributed by atoms with Crippen LogP contribution in [0.3, 0.4) is 0 Å². The third-order valence-corrected chi connectivity index (χ3v) is 13.5. The summed E-state index contributed by atoms with van der Waals surface area (Å²) in [7, 11) is -4.03. The van der Waals surface area contributed by atoms with Gasteiger partial charge in [-0.25, -0.2) is 18.1 Å². The lowest BCUT2D eigenvalue weighted by Gasteiger charge is -2.45. The quantitative estimate of drug-likeness (QED) is 0.164. The van der Waals surface area contributed by atoms with Crippen molar-refractivity contribution < 1.29 is 23.1 Å². The number of sulfonamides is 1. The fourth-order valence-corrected chi connectivity index (χ4v) is 10.2. The van der Waals surface area contributed by atoms with Gasteiger partial charge in [0, 0.05) is 47.1 Å². The third-order valence-electron chi connectivity index (χ3n) is 10.7. The van der Waals surface area contributed by atoms with Gasteiger partial charge in [0.2, 0.25) is 10.0 Å². The number of unbranched alkanes of at least 4 members (excludes halogenated alkanes) is 1. The van der Waals surface area contributed by atoms with Gasteiger partial charge in [-0.1, -0.05) is 49.2 Å². The zero-order chi connectivity index (χ0) is 35.3. The highest BCUT2D eigenvalue weighted by Gasteiger charge is 2.44. The van der Waals surface area contributed by atoms with Crippen LogP contribution >= 0.6 is 22.9 Å². The number of rotatable bonds is 14. The van der Waals surface area contributed by atoms with Crippen molar-refractivity contribution in [2.45, 2.75) is 87.9 Å². The van der Waals surface area contributed by atoms with E-state index >= 15 is 0 Å². The number of nitrogens with one attached hydrogen (secondary N) is 1. The van der Waals surface area contributed by atoms with Gasteiger partial charge in [-0.05, 0) is 105 Å². The van der Waals surface area contributed by atoms with E-state index in [-0.39, 0.29) is 29.2 Å². The molecule has 0 saturated heterocycles. The molecular weight excluding hydrogens is 690 g/mol. The summed E-state index contributed by atoms with van der Waals surface area (Å²) in [5.74, 6) is 0.382. The fourth-order valence-electron chi connectivity index (χ4n) is 7.85. The predicted molar refractivity (Wildman–Crippen MR) is 202 cm³/mol. The molecule has 1 amide bonds. The molecule has 1 aromatic heterocycles. The lowest BCUT2D eigenvalue weighted by atomic mass is 9.68. The van der Waals surface area contributed by atoms with E-state index in [1.54, 1.807) is 30.5 Å². The third kappa shape index (κ3) is 8.14. The SMILES string of the molecule is C=CCC[C@H](Cc1nccs1)S(=O)(=O)NC(=O)c1ccc2c(c1)N(C[C@@H]1CC[C@@H]1[C@@H](O)/C=C/CCC)C[C@@]1(CCCc3cc(Cl)ccc31)CO2. The Labute approximate surface area is 305 Å². The first kappa shape index (κ1) is 36.6. The molecule has 1 spiro atoms. The summed E-state index contributed by atoms with van der Waals surface area (Å²) >= 11 is 7.84. The maximum absolute atomic E-state index is 13.7. The highest BCUT2D eigenvalue weighted by molar-refractivity contribution is 7.90. The van der Waals surface area contributed by atoms with Crippen LogP contribution in [0.15, 0.2) is 72.8 Å². The van der Waals surface area contributed by atoms with E-state index in [2.05, 4.69) is 46.3 Å². The number of ether oxygens (including phenoxy) is 1.